The molecule has 3 N–H and O–H groups in total. The summed E-state index contributed by atoms with van der Waals surface area (Å²) >= 11 is 0. The van der Waals surface area contributed by atoms with Gasteiger partial charge in [0.05, 0.1) is 5.54 Å². The van der Waals surface area contributed by atoms with Gasteiger partial charge in [-0.25, -0.2) is 9.18 Å². The lowest BCUT2D eigenvalue weighted by Crippen LogP contribution is -2.67. The lowest BCUT2D eigenvalue weighted by molar-refractivity contribution is -0.0370. The fourth-order valence-corrected chi connectivity index (χ4v) is 3.34. The molecule has 2 fully saturated rings. The number of amides is 1. The summed E-state index contributed by atoms with van der Waals surface area (Å²) in [6.45, 7) is 3.52. The van der Waals surface area contributed by atoms with Gasteiger partial charge in [0.2, 0.25) is 0 Å². The van der Waals surface area contributed by atoms with Crippen molar-refractivity contribution in [3.05, 3.63) is 0 Å². The van der Waals surface area contributed by atoms with E-state index in [-0.39, 0.29) is 0 Å². The van der Waals surface area contributed by atoms with Crippen molar-refractivity contribution in [2.75, 3.05) is 0 Å². The molecule has 2 rings (SSSR count). The molecule has 0 aromatic carbocycles. The number of piperidine rings is 1. The van der Waals surface area contributed by atoms with Crippen molar-refractivity contribution >= 4 is 6.09 Å². The molecular formula is C10H17FN2O2. The van der Waals surface area contributed by atoms with Gasteiger partial charge in [0.1, 0.15) is 6.17 Å². The van der Waals surface area contributed by atoms with Gasteiger partial charge in [-0.3, -0.25) is 4.90 Å². The first-order valence-corrected chi connectivity index (χ1v) is 5.24. The molecule has 1 amide bonds. The van der Waals surface area contributed by atoms with Crippen LogP contribution < -0.4 is 5.73 Å². The van der Waals surface area contributed by atoms with Crippen LogP contribution in [0.25, 0.3) is 0 Å². The van der Waals surface area contributed by atoms with Crippen molar-refractivity contribution in [2.24, 2.45) is 5.73 Å². The molecule has 15 heavy (non-hydrogen) atoms. The second-order valence-electron chi connectivity index (χ2n) is 5.24. The zero-order valence-corrected chi connectivity index (χ0v) is 9.03. The van der Waals surface area contributed by atoms with Crippen molar-refractivity contribution in [1.29, 1.82) is 0 Å². The van der Waals surface area contributed by atoms with E-state index in [2.05, 4.69) is 0 Å². The van der Waals surface area contributed by atoms with E-state index in [1.54, 1.807) is 6.92 Å². The van der Waals surface area contributed by atoms with Crippen LogP contribution in [0, 0.1) is 0 Å². The molecular weight excluding hydrogens is 199 g/mol. The van der Waals surface area contributed by atoms with Crippen molar-refractivity contribution in [1.82, 2.24) is 4.90 Å². The highest BCUT2D eigenvalue weighted by molar-refractivity contribution is 5.68. The minimum Gasteiger partial charge on any atom is -0.465 e. The number of carbonyl (C=O) groups is 1. The zero-order chi connectivity index (χ0) is 11.4. The molecule has 0 spiro atoms. The fraction of sp³-hybridized carbons (Fsp3) is 0.900. The highest BCUT2D eigenvalue weighted by Gasteiger charge is 2.62. The summed E-state index contributed by atoms with van der Waals surface area (Å²) in [7, 11) is 0. The monoisotopic (exact) mass is 216 g/mol. The summed E-state index contributed by atoms with van der Waals surface area (Å²) in [6.07, 6.45) is -0.624. The van der Waals surface area contributed by atoms with E-state index < -0.39 is 29.4 Å². The summed E-state index contributed by atoms with van der Waals surface area (Å²) in [5, 5.41) is 9.17. The quantitative estimate of drug-likeness (QED) is 0.642. The molecule has 2 heterocycles. The summed E-state index contributed by atoms with van der Waals surface area (Å²) in [4.78, 5) is 12.5. The molecule has 2 bridgehead atoms. The lowest BCUT2D eigenvalue weighted by Gasteiger charge is -2.50. The van der Waals surface area contributed by atoms with E-state index in [1.807, 2.05) is 6.92 Å². The number of fused-ring (bicyclic) bond motifs is 2. The van der Waals surface area contributed by atoms with Crippen LogP contribution in [-0.2, 0) is 0 Å². The molecule has 0 radical (unpaired) electrons. The summed E-state index contributed by atoms with van der Waals surface area (Å²) < 4.78 is 14.0. The SMILES string of the molecule is C[C@@]12CC[C@@](C)([C@H](F)[C@H](N)C1)N2C(=O)O. The third kappa shape index (κ3) is 1.19. The predicted molar refractivity (Wildman–Crippen MR) is 53.4 cm³/mol. The van der Waals surface area contributed by atoms with Gasteiger partial charge in [-0.05, 0) is 33.1 Å². The Kier molecular flexibility index (Phi) is 2.02. The van der Waals surface area contributed by atoms with Gasteiger partial charge in [-0.2, -0.15) is 0 Å². The lowest BCUT2D eigenvalue weighted by atomic mass is 9.81. The molecule has 2 saturated heterocycles. The van der Waals surface area contributed by atoms with Crippen molar-refractivity contribution in [3.63, 3.8) is 0 Å². The summed E-state index contributed by atoms with van der Waals surface area (Å²) in [6, 6.07) is -0.543. The number of carboxylic acid groups (broad SMARTS) is 1. The number of rotatable bonds is 0. The maximum Gasteiger partial charge on any atom is 0.408 e. The van der Waals surface area contributed by atoms with Crippen LogP contribution in [0.5, 0.6) is 0 Å². The first kappa shape index (κ1) is 10.7. The smallest absolute Gasteiger partial charge is 0.408 e. The van der Waals surface area contributed by atoms with Crippen LogP contribution in [-0.4, -0.2) is 39.4 Å². The normalized spacial score (nSPS) is 49.5. The second-order valence-corrected chi connectivity index (χ2v) is 5.24. The van der Waals surface area contributed by atoms with Gasteiger partial charge in [-0.1, -0.05) is 0 Å². The molecule has 0 saturated carbocycles. The Hall–Kier alpha value is -0.840. The van der Waals surface area contributed by atoms with Crippen molar-refractivity contribution < 1.29 is 14.3 Å². The molecule has 2 aliphatic rings. The molecule has 0 unspecified atom stereocenters. The van der Waals surface area contributed by atoms with E-state index in [1.165, 1.54) is 4.90 Å². The van der Waals surface area contributed by atoms with E-state index in [0.717, 1.165) is 0 Å². The summed E-state index contributed by atoms with van der Waals surface area (Å²) in [5.41, 5.74) is 4.32. The van der Waals surface area contributed by atoms with Gasteiger partial charge in [0, 0.05) is 11.6 Å². The Labute approximate surface area is 88.2 Å². The Morgan fingerprint density at radius 1 is 1.53 bits per heavy atom. The van der Waals surface area contributed by atoms with Crippen LogP contribution >= 0.6 is 0 Å². The number of nitrogens with zero attached hydrogens (tertiary/aromatic N) is 1. The van der Waals surface area contributed by atoms with Crippen LogP contribution in [0.3, 0.4) is 0 Å². The van der Waals surface area contributed by atoms with Crippen LogP contribution in [0.2, 0.25) is 0 Å². The van der Waals surface area contributed by atoms with E-state index >= 15 is 0 Å². The van der Waals surface area contributed by atoms with Crippen LogP contribution in [0.4, 0.5) is 9.18 Å². The Morgan fingerprint density at radius 2 is 2.13 bits per heavy atom. The topological polar surface area (TPSA) is 66.6 Å². The Bertz CT molecular complexity index is 312. The highest BCUT2D eigenvalue weighted by atomic mass is 19.1. The molecule has 86 valence electrons. The average molecular weight is 216 g/mol. The molecule has 4 nitrogen and oxygen atoms in total. The van der Waals surface area contributed by atoms with Gasteiger partial charge in [0.15, 0.2) is 0 Å². The van der Waals surface area contributed by atoms with E-state index in [0.29, 0.717) is 19.3 Å². The number of hydrogen-bond donors (Lipinski definition) is 2. The van der Waals surface area contributed by atoms with Crippen molar-refractivity contribution in [3.8, 4) is 0 Å². The third-order valence-electron chi connectivity index (χ3n) is 4.06. The predicted octanol–water partition coefficient (Wildman–Crippen LogP) is 1.35. The van der Waals surface area contributed by atoms with Gasteiger partial charge in [-0.15, -0.1) is 0 Å². The number of alkyl halides is 1. The maximum absolute atomic E-state index is 14.0. The largest absolute Gasteiger partial charge is 0.465 e. The molecule has 2 aliphatic heterocycles. The first-order valence-electron chi connectivity index (χ1n) is 5.24. The fourth-order valence-electron chi connectivity index (χ4n) is 3.34. The molecule has 0 aliphatic carbocycles. The Morgan fingerprint density at radius 3 is 2.67 bits per heavy atom. The standard InChI is InChI=1S/C10H17FN2O2/c1-9-3-4-10(2,13(9)8(14)15)7(11)6(12)5-9/h6-7H,3-5,12H2,1-2H3,(H,14,15)/t6-,7-,9-,10+/m1/s1. The average Bonchev–Trinajstić information content (AvgIpc) is 2.33. The van der Waals surface area contributed by atoms with Gasteiger partial charge in [0.25, 0.3) is 0 Å². The molecule has 0 aromatic rings. The Balaban J connectivity index is 2.44. The van der Waals surface area contributed by atoms with Gasteiger partial charge < -0.3 is 10.8 Å². The molecule has 0 aromatic heterocycles. The van der Waals surface area contributed by atoms with Crippen LogP contribution in [0.1, 0.15) is 33.1 Å². The second kappa shape index (κ2) is 2.84. The number of halogens is 1. The van der Waals surface area contributed by atoms with Crippen LogP contribution in [0.15, 0.2) is 0 Å². The maximum atomic E-state index is 14.0. The van der Waals surface area contributed by atoms with E-state index in [4.69, 9.17) is 5.73 Å². The molecule has 5 heteroatoms. The minimum absolute atomic E-state index is 0.413. The third-order valence-corrected chi connectivity index (χ3v) is 4.06. The minimum atomic E-state index is -1.26. The van der Waals surface area contributed by atoms with Gasteiger partial charge >= 0.3 is 6.09 Å². The number of hydrogen-bond acceptors (Lipinski definition) is 2. The zero-order valence-electron chi connectivity index (χ0n) is 9.03. The molecule has 4 atom stereocenters. The summed E-state index contributed by atoms with van der Waals surface area (Å²) in [5.74, 6) is 0. The van der Waals surface area contributed by atoms with Crippen molar-refractivity contribution in [2.45, 2.75) is 56.4 Å². The number of nitrogens with two attached hydrogens (primary N) is 1. The highest BCUT2D eigenvalue weighted by Crippen LogP contribution is 2.50. The first-order chi connectivity index (χ1) is 6.81. The van der Waals surface area contributed by atoms with E-state index in [9.17, 15) is 14.3 Å².